The maximum Gasteiger partial charge on any atom is 0.250 e. The van der Waals surface area contributed by atoms with Gasteiger partial charge in [-0.05, 0) is 18.2 Å². The molecule has 0 aliphatic rings. The summed E-state index contributed by atoms with van der Waals surface area (Å²) in [4.78, 5) is 16.4. The summed E-state index contributed by atoms with van der Waals surface area (Å²) in [5.74, 6) is 0.0674. The van der Waals surface area contributed by atoms with Crippen molar-refractivity contribution in [3.63, 3.8) is 0 Å². The number of aromatic nitrogens is 1. The van der Waals surface area contributed by atoms with Gasteiger partial charge in [0.2, 0.25) is 0 Å². The van der Waals surface area contributed by atoms with Gasteiger partial charge in [-0.2, -0.15) is 5.10 Å². The molecule has 0 radical (unpaired) electrons. The fourth-order valence-corrected chi connectivity index (χ4v) is 4.03. The van der Waals surface area contributed by atoms with Gasteiger partial charge in [-0.3, -0.25) is 4.79 Å². The first-order valence-corrected chi connectivity index (χ1v) is 10.2. The van der Waals surface area contributed by atoms with E-state index in [0.717, 1.165) is 20.1 Å². The van der Waals surface area contributed by atoms with Gasteiger partial charge in [0.25, 0.3) is 5.91 Å². The van der Waals surface area contributed by atoms with Crippen molar-refractivity contribution in [1.82, 2.24) is 10.4 Å². The molecule has 1 aromatic heterocycles. The molecule has 1 amide bonds. The minimum atomic E-state index is -0.239. The van der Waals surface area contributed by atoms with Gasteiger partial charge in [0.05, 0.1) is 17.7 Å². The highest BCUT2D eigenvalue weighted by atomic mass is 79.9. The highest BCUT2D eigenvalue weighted by Gasteiger charge is 2.07. The number of hydrogen-bond acceptors (Lipinski definition) is 6. The Morgan fingerprint density at radius 2 is 2.12 bits per heavy atom. The van der Waals surface area contributed by atoms with Crippen LogP contribution in [0, 0.1) is 0 Å². The van der Waals surface area contributed by atoms with Crippen LogP contribution in [0.2, 0.25) is 0 Å². The monoisotopic (exact) mass is 447 g/mol. The van der Waals surface area contributed by atoms with E-state index >= 15 is 0 Å². The molecule has 0 aliphatic carbocycles. The Bertz CT molecular complexity index is 929. The number of phenols is 1. The van der Waals surface area contributed by atoms with E-state index in [1.165, 1.54) is 29.3 Å². The van der Waals surface area contributed by atoms with E-state index in [0.29, 0.717) is 5.56 Å². The van der Waals surface area contributed by atoms with Crippen LogP contribution in [0.25, 0.3) is 11.3 Å². The molecule has 26 heavy (non-hydrogen) atoms. The second-order valence-electron chi connectivity index (χ2n) is 5.15. The number of rotatable bonds is 6. The van der Waals surface area contributed by atoms with Gasteiger partial charge in [0.1, 0.15) is 5.75 Å². The van der Waals surface area contributed by atoms with Crippen molar-refractivity contribution in [1.29, 1.82) is 0 Å². The number of thiazole rings is 1. The van der Waals surface area contributed by atoms with Crippen molar-refractivity contribution in [3.8, 4) is 17.0 Å². The van der Waals surface area contributed by atoms with Crippen LogP contribution in [-0.2, 0) is 4.79 Å². The minimum absolute atomic E-state index is 0.0943. The summed E-state index contributed by atoms with van der Waals surface area (Å²) in [6, 6.07) is 14.9. The van der Waals surface area contributed by atoms with Gasteiger partial charge >= 0.3 is 0 Å². The lowest BCUT2D eigenvalue weighted by atomic mass is 10.2. The molecule has 0 spiro atoms. The van der Waals surface area contributed by atoms with Crippen LogP contribution in [-0.4, -0.2) is 28.0 Å². The van der Waals surface area contributed by atoms with Gasteiger partial charge in [0.15, 0.2) is 4.34 Å². The predicted octanol–water partition coefficient (Wildman–Crippen LogP) is 4.52. The third-order valence-electron chi connectivity index (χ3n) is 3.26. The number of hydrazone groups is 1. The zero-order chi connectivity index (χ0) is 18.4. The van der Waals surface area contributed by atoms with Gasteiger partial charge in [-0.1, -0.05) is 58.0 Å². The number of carbonyl (C=O) groups is 1. The number of carbonyl (C=O) groups excluding carboxylic acids is 1. The molecule has 0 fully saturated rings. The van der Waals surface area contributed by atoms with E-state index in [-0.39, 0.29) is 17.4 Å². The van der Waals surface area contributed by atoms with Crippen molar-refractivity contribution in [2.24, 2.45) is 5.10 Å². The van der Waals surface area contributed by atoms with E-state index in [9.17, 15) is 9.90 Å². The van der Waals surface area contributed by atoms with E-state index in [1.807, 2.05) is 35.7 Å². The van der Waals surface area contributed by atoms with Gasteiger partial charge in [-0.15, -0.1) is 11.3 Å². The van der Waals surface area contributed by atoms with Crippen LogP contribution in [0.15, 0.2) is 67.8 Å². The van der Waals surface area contributed by atoms with Gasteiger partial charge < -0.3 is 5.11 Å². The molecule has 0 saturated heterocycles. The second kappa shape index (κ2) is 8.98. The number of thioether (sulfide) groups is 1. The number of phenolic OH excluding ortho intramolecular Hbond substituents is 1. The van der Waals surface area contributed by atoms with Crippen molar-refractivity contribution >= 4 is 51.2 Å². The first-order valence-electron chi connectivity index (χ1n) is 7.56. The molecule has 0 atom stereocenters. The summed E-state index contributed by atoms with van der Waals surface area (Å²) in [5, 5.41) is 15.6. The van der Waals surface area contributed by atoms with Crippen LogP contribution in [0.1, 0.15) is 5.56 Å². The molecule has 2 N–H and O–H groups in total. The number of hydrogen-bond donors (Lipinski definition) is 2. The maximum atomic E-state index is 11.9. The predicted molar refractivity (Wildman–Crippen MR) is 110 cm³/mol. The molecule has 0 bridgehead atoms. The summed E-state index contributed by atoms with van der Waals surface area (Å²) in [7, 11) is 0. The Kier molecular flexibility index (Phi) is 6.43. The van der Waals surface area contributed by atoms with Crippen LogP contribution in [0.4, 0.5) is 0 Å². The molecule has 5 nitrogen and oxygen atoms in total. The van der Waals surface area contributed by atoms with Crippen molar-refractivity contribution in [2.45, 2.75) is 4.34 Å². The number of amides is 1. The molecule has 0 unspecified atom stereocenters. The SMILES string of the molecule is O=C(CSc1nc(-c2ccccc2)cs1)N/N=C/c1cc(Br)ccc1O. The average molecular weight is 448 g/mol. The summed E-state index contributed by atoms with van der Waals surface area (Å²) in [6.45, 7) is 0. The fourth-order valence-electron chi connectivity index (χ4n) is 2.03. The van der Waals surface area contributed by atoms with Crippen LogP contribution in [0.3, 0.4) is 0 Å². The normalized spacial score (nSPS) is 11.0. The first kappa shape index (κ1) is 18.6. The number of nitrogens with one attached hydrogen (secondary N) is 1. The highest BCUT2D eigenvalue weighted by molar-refractivity contribution is 9.10. The second-order valence-corrected chi connectivity index (χ2v) is 8.15. The lowest BCUT2D eigenvalue weighted by Crippen LogP contribution is -2.19. The smallest absolute Gasteiger partial charge is 0.250 e. The maximum absolute atomic E-state index is 11.9. The zero-order valence-electron chi connectivity index (χ0n) is 13.4. The Morgan fingerprint density at radius 1 is 1.31 bits per heavy atom. The quantitative estimate of drug-likeness (QED) is 0.330. The summed E-state index contributed by atoms with van der Waals surface area (Å²) in [6.07, 6.45) is 1.40. The Labute approximate surface area is 167 Å². The van der Waals surface area contributed by atoms with Crippen LogP contribution >= 0.6 is 39.0 Å². The molecule has 3 rings (SSSR count). The molecule has 132 valence electrons. The Balaban J connectivity index is 1.51. The molecule has 1 heterocycles. The summed E-state index contributed by atoms with van der Waals surface area (Å²) < 4.78 is 1.64. The Morgan fingerprint density at radius 3 is 2.92 bits per heavy atom. The standard InChI is InChI=1S/C18H14BrN3O2S2/c19-14-6-7-16(23)13(8-14)9-20-22-17(24)11-26-18-21-15(10-25-18)12-4-2-1-3-5-12/h1-10,23H,11H2,(H,22,24)/b20-9+. The van der Waals surface area contributed by atoms with Gasteiger partial charge in [0, 0.05) is 21.0 Å². The van der Waals surface area contributed by atoms with Crippen LogP contribution in [0.5, 0.6) is 5.75 Å². The lowest BCUT2D eigenvalue weighted by molar-refractivity contribution is -0.118. The number of aromatic hydroxyl groups is 1. The third-order valence-corrected chi connectivity index (χ3v) is 5.78. The fraction of sp³-hybridized carbons (Fsp3) is 0.0556. The van der Waals surface area contributed by atoms with Crippen molar-refractivity contribution < 1.29 is 9.90 Å². The largest absolute Gasteiger partial charge is 0.507 e. The van der Waals surface area contributed by atoms with Gasteiger partial charge in [-0.25, -0.2) is 10.4 Å². The minimum Gasteiger partial charge on any atom is -0.507 e. The third kappa shape index (κ3) is 5.17. The molecule has 0 aliphatic heterocycles. The van der Waals surface area contributed by atoms with E-state index in [2.05, 4.69) is 31.4 Å². The molecule has 0 saturated carbocycles. The van der Waals surface area contributed by atoms with Crippen molar-refractivity contribution in [3.05, 3.63) is 63.9 Å². The van der Waals surface area contributed by atoms with E-state index in [1.54, 1.807) is 18.2 Å². The highest BCUT2D eigenvalue weighted by Crippen LogP contribution is 2.28. The number of nitrogens with zero attached hydrogens (tertiary/aromatic N) is 2. The summed E-state index contributed by atoms with van der Waals surface area (Å²) >= 11 is 6.18. The molecule has 2 aromatic carbocycles. The van der Waals surface area contributed by atoms with E-state index < -0.39 is 0 Å². The van der Waals surface area contributed by atoms with Crippen LogP contribution < -0.4 is 5.43 Å². The molecule has 3 aromatic rings. The number of benzene rings is 2. The Hall–Kier alpha value is -2.16. The molecule has 8 heteroatoms. The summed E-state index contributed by atoms with van der Waals surface area (Å²) in [5.41, 5.74) is 4.92. The average Bonchev–Trinajstić information content (AvgIpc) is 3.13. The lowest BCUT2D eigenvalue weighted by Gasteiger charge is -2.00. The zero-order valence-corrected chi connectivity index (χ0v) is 16.6. The van der Waals surface area contributed by atoms with E-state index in [4.69, 9.17) is 0 Å². The molecular formula is C18H14BrN3O2S2. The topological polar surface area (TPSA) is 74.6 Å². The first-order chi connectivity index (χ1) is 12.6. The molecular weight excluding hydrogens is 434 g/mol. The van der Waals surface area contributed by atoms with Crippen molar-refractivity contribution in [2.75, 3.05) is 5.75 Å². The number of halogens is 1.